The van der Waals surface area contributed by atoms with E-state index in [-0.39, 0.29) is 36.6 Å². The molecule has 166 valence electrons. The summed E-state index contributed by atoms with van der Waals surface area (Å²) < 4.78 is 18.7. The molecule has 0 aliphatic rings. The number of nitrogens with zero attached hydrogens (tertiary/aromatic N) is 2. The van der Waals surface area contributed by atoms with Crippen molar-refractivity contribution in [1.29, 1.82) is 0 Å². The number of ketones is 1. The van der Waals surface area contributed by atoms with E-state index in [1.807, 2.05) is 32.9 Å². The largest absolute Gasteiger partial charge is 0.473 e. The van der Waals surface area contributed by atoms with Gasteiger partial charge in [-0.3, -0.25) is 14.6 Å². The second-order valence-electron chi connectivity index (χ2n) is 7.87. The predicted octanol–water partition coefficient (Wildman–Crippen LogP) is 4.43. The third-order valence-corrected chi connectivity index (χ3v) is 4.89. The van der Waals surface area contributed by atoms with Crippen LogP contribution in [-0.4, -0.2) is 21.7 Å². The molecule has 2 heterocycles. The van der Waals surface area contributed by atoms with Crippen molar-refractivity contribution in [3.8, 4) is 5.88 Å². The number of aryl methyl sites for hydroxylation is 2. The van der Waals surface area contributed by atoms with Crippen LogP contribution in [0.25, 0.3) is 0 Å². The molecule has 7 heteroatoms. The molecule has 6 nitrogen and oxygen atoms in total. The van der Waals surface area contributed by atoms with E-state index >= 15 is 0 Å². The summed E-state index contributed by atoms with van der Waals surface area (Å²) in [5.41, 5.74) is 4.31. The zero-order chi connectivity index (χ0) is 23.3. The minimum atomic E-state index is -0.301. The molecular formula is C25H26FN3O3. The minimum Gasteiger partial charge on any atom is -0.473 e. The second-order valence-corrected chi connectivity index (χ2v) is 7.87. The van der Waals surface area contributed by atoms with Crippen LogP contribution < -0.4 is 10.1 Å². The van der Waals surface area contributed by atoms with Gasteiger partial charge in [0.1, 0.15) is 18.2 Å². The monoisotopic (exact) mass is 435 g/mol. The van der Waals surface area contributed by atoms with Gasteiger partial charge in [-0.1, -0.05) is 12.1 Å². The SMILES string of the molecule is CC(=O)Cc1cc(C(C)NC(=O)c2cnc(OCc3ccc(F)cc3)c(C)c2)cc(C)n1. The number of benzene rings is 1. The fourth-order valence-electron chi connectivity index (χ4n) is 3.30. The Kier molecular flexibility index (Phi) is 7.30. The van der Waals surface area contributed by atoms with Gasteiger partial charge in [-0.25, -0.2) is 9.37 Å². The van der Waals surface area contributed by atoms with Crippen molar-refractivity contribution in [3.63, 3.8) is 0 Å². The smallest absolute Gasteiger partial charge is 0.253 e. The highest BCUT2D eigenvalue weighted by atomic mass is 19.1. The number of carbonyl (C=O) groups excluding carboxylic acids is 2. The highest BCUT2D eigenvalue weighted by Gasteiger charge is 2.15. The molecular weight excluding hydrogens is 409 g/mol. The predicted molar refractivity (Wildman–Crippen MR) is 119 cm³/mol. The number of aromatic nitrogens is 2. The number of pyridine rings is 2. The topological polar surface area (TPSA) is 81.2 Å². The normalized spacial score (nSPS) is 11.7. The summed E-state index contributed by atoms with van der Waals surface area (Å²) in [4.78, 5) is 32.8. The quantitative estimate of drug-likeness (QED) is 0.566. The zero-order valence-electron chi connectivity index (χ0n) is 18.6. The van der Waals surface area contributed by atoms with Gasteiger partial charge < -0.3 is 10.1 Å². The Morgan fingerprint density at radius 2 is 1.84 bits per heavy atom. The van der Waals surface area contributed by atoms with Crippen LogP contribution in [-0.2, 0) is 17.8 Å². The standard InChI is InChI=1S/C25H26FN3O3/c1-15-9-21(13-27-25(15)32-14-19-5-7-22(26)8-6-19)24(31)29-18(4)20-10-16(2)28-23(12-20)11-17(3)30/h5-10,12-13,18H,11,14H2,1-4H3,(H,29,31). The zero-order valence-corrected chi connectivity index (χ0v) is 18.6. The van der Waals surface area contributed by atoms with Gasteiger partial charge in [0.2, 0.25) is 5.88 Å². The van der Waals surface area contributed by atoms with Crippen molar-refractivity contribution in [1.82, 2.24) is 15.3 Å². The lowest BCUT2D eigenvalue weighted by molar-refractivity contribution is -0.116. The lowest BCUT2D eigenvalue weighted by atomic mass is 10.0. The molecule has 0 radical (unpaired) electrons. The number of halogens is 1. The van der Waals surface area contributed by atoms with Crippen molar-refractivity contribution in [2.45, 2.75) is 46.8 Å². The molecule has 0 aliphatic carbocycles. The maximum absolute atomic E-state index is 13.0. The second kappa shape index (κ2) is 10.1. The van der Waals surface area contributed by atoms with E-state index < -0.39 is 0 Å². The molecule has 0 bridgehead atoms. The highest BCUT2D eigenvalue weighted by Crippen LogP contribution is 2.19. The molecule has 32 heavy (non-hydrogen) atoms. The van der Waals surface area contributed by atoms with Gasteiger partial charge in [0.05, 0.1) is 11.6 Å². The minimum absolute atomic E-state index is 0.0361. The van der Waals surface area contributed by atoms with Crippen LogP contribution in [0.2, 0.25) is 0 Å². The molecule has 1 N–H and O–H groups in total. The van der Waals surface area contributed by atoms with Crippen LogP contribution in [0.3, 0.4) is 0 Å². The van der Waals surface area contributed by atoms with E-state index in [1.54, 1.807) is 18.2 Å². The molecule has 1 amide bonds. The molecule has 0 saturated carbocycles. The third kappa shape index (κ3) is 6.20. The summed E-state index contributed by atoms with van der Waals surface area (Å²) in [5, 5.41) is 2.96. The number of Topliss-reactive ketones (excluding diaryl/α,β-unsaturated/α-hetero) is 1. The van der Waals surface area contributed by atoms with Crippen molar-refractivity contribution >= 4 is 11.7 Å². The van der Waals surface area contributed by atoms with Crippen LogP contribution in [0.1, 0.15) is 58.3 Å². The van der Waals surface area contributed by atoms with Crippen molar-refractivity contribution in [2.75, 3.05) is 0 Å². The Labute approximate surface area is 186 Å². The van der Waals surface area contributed by atoms with Crippen LogP contribution in [0.15, 0.2) is 48.7 Å². The van der Waals surface area contributed by atoms with Crippen LogP contribution in [0.4, 0.5) is 4.39 Å². The van der Waals surface area contributed by atoms with E-state index in [1.165, 1.54) is 25.3 Å². The Balaban J connectivity index is 1.66. The van der Waals surface area contributed by atoms with Gasteiger partial charge in [-0.05, 0) is 69.2 Å². The number of amides is 1. The summed E-state index contributed by atoms with van der Waals surface area (Å²) in [6, 6.07) is 11.2. The number of carbonyl (C=O) groups is 2. The van der Waals surface area contributed by atoms with Gasteiger partial charge >= 0.3 is 0 Å². The number of rotatable bonds is 8. The van der Waals surface area contributed by atoms with Crippen molar-refractivity contribution < 1.29 is 18.7 Å². The number of nitrogens with one attached hydrogen (secondary N) is 1. The van der Waals surface area contributed by atoms with Crippen LogP contribution in [0.5, 0.6) is 5.88 Å². The van der Waals surface area contributed by atoms with E-state index in [4.69, 9.17) is 4.74 Å². The van der Waals surface area contributed by atoms with Crippen LogP contribution in [0, 0.1) is 19.7 Å². The van der Waals surface area contributed by atoms with Gasteiger partial charge in [-0.2, -0.15) is 0 Å². The van der Waals surface area contributed by atoms with Crippen LogP contribution >= 0.6 is 0 Å². The number of hydrogen-bond donors (Lipinski definition) is 1. The first-order valence-corrected chi connectivity index (χ1v) is 10.3. The fourth-order valence-corrected chi connectivity index (χ4v) is 3.30. The Morgan fingerprint density at radius 1 is 1.12 bits per heavy atom. The maximum Gasteiger partial charge on any atom is 0.253 e. The van der Waals surface area contributed by atoms with Gasteiger partial charge in [-0.15, -0.1) is 0 Å². The molecule has 0 spiro atoms. The van der Waals surface area contributed by atoms with E-state index in [9.17, 15) is 14.0 Å². The molecule has 0 fully saturated rings. The fraction of sp³-hybridized carbons (Fsp3) is 0.280. The van der Waals surface area contributed by atoms with E-state index in [0.29, 0.717) is 17.1 Å². The number of hydrogen-bond acceptors (Lipinski definition) is 5. The lowest BCUT2D eigenvalue weighted by Crippen LogP contribution is -2.27. The Hall–Kier alpha value is -3.61. The van der Waals surface area contributed by atoms with Gasteiger partial charge in [0, 0.05) is 29.6 Å². The third-order valence-electron chi connectivity index (χ3n) is 4.89. The summed E-state index contributed by atoms with van der Waals surface area (Å²) in [7, 11) is 0. The average Bonchev–Trinajstić information content (AvgIpc) is 2.73. The summed E-state index contributed by atoms with van der Waals surface area (Å²) in [6.45, 7) is 7.33. The molecule has 1 unspecified atom stereocenters. The molecule has 1 atom stereocenters. The summed E-state index contributed by atoms with van der Waals surface area (Å²) in [5.74, 6) is -0.114. The maximum atomic E-state index is 13.0. The lowest BCUT2D eigenvalue weighted by Gasteiger charge is -2.16. The van der Waals surface area contributed by atoms with E-state index in [2.05, 4.69) is 15.3 Å². The average molecular weight is 435 g/mol. The highest BCUT2D eigenvalue weighted by molar-refractivity contribution is 5.94. The summed E-state index contributed by atoms with van der Waals surface area (Å²) in [6.07, 6.45) is 1.73. The Bertz CT molecular complexity index is 1130. The molecule has 0 aliphatic heterocycles. The first-order valence-electron chi connectivity index (χ1n) is 10.3. The van der Waals surface area contributed by atoms with Crippen molar-refractivity contribution in [2.24, 2.45) is 0 Å². The first kappa shape index (κ1) is 23.1. The first-order chi connectivity index (χ1) is 15.2. The number of ether oxygens (including phenoxy) is 1. The molecule has 0 saturated heterocycles. The van der Waals surface area contributed by atoms with Crippen molar-refractivity contribution in [3.05, 3.63) is 88.1 Å². The summed E-state index contributed by atoms with van der Waals surface area (Å²) >= 11 is 0. The molecule has 3 aromatic rings. The van der Waals surface area contributed by atoms with E-state index in [0.717, 1.165) is 22.4 Å². The molecule has 2 aromatic heterocycles. The molecule has 3 rings (SSSR count). The van der Waals surface area contributed by atoms with Gasteiger partial charge in [0.25, 0.3) is 5.91 Å². The van der Waals surface area contributed by atoms with Gasteiger partial charge in [0.15, 0.2) is 0 Å². The molecule has 1 aromatic carbocycles. The Morgan fingerprint density at radius 3 is 2.50 bits per heavy atom.